The van der Waals surface area contributed by atoms with Crippen molar-refractivity contribution in [1.82, 2.24) is 0 Å². The van der Waals surface area contributed by atoms with Crippen LogP contribution in [0.25, 0.3) is 11.6 Å². The fourth-order valence-electron chi connectivity index (χ4n) is 2.09. The molecule has 0 saturated carbocycles. The van der Waals surface area contributed by atoms with E-state index in [-0.39, 0.29) is 5.91 Å². The molecule has 1 heterocycles. The van der Waals surface area contributed by atoms with E-state index in [2.05, 4.69) is 37.2 Å². The third kappa shape index (κ3) is 2.55. The molecule has 1 amide bonds. The maximum absolute atomic E-state index is 12.1. The van der Waals surface area contributed by atoms with Crippen LogP contribution in [0.2, 0.25) is 5.02 Å². The number of hydrogen-bond donors (Lipinski definition) is 1. The monoisotopic (exact) mass is 411 g/mol. The molecule has 5 heteroatoms. The van der Waals surface area contributed by atoms with E-state index in [0.717, 1.165) is 25.8 Å². The molecule has 0 aromatic heterocycles. The second-order valence-electron chi connectivity index (χ2n) is 4.37. The van der Waals surface area contributed by atoms with E-state index in [1.165, 1.54) is 0 Å². The van der Waals surface area contributed by atoms with Gasteiger partial charge in [-0.15, -0.1) is 0 Å². The number of carbonyl (C=O) groups is 1. The fraction of sp³-hybridized carbons (Fsp3) is 0. The number of fused-ring (bicyclic) bond motifs is 1. The summed E-state index contributed by atoms with van der Waals surface area (Å²) in [7, 11) is 0. The zero-order valence-electron chi connectivity index (χ0n) is 10.1. The van der Waals surface area contributed by atoms with Crippen molar-refractivity contribution in [2.45, 2.75) is 0 Å². The van der Waals surface area contributed by atoms with Gasteiger partial charge in [-0.05, 0) is 51.8 Å². The van der Waals surface area contributed by atoms with E-state index >= 15 is 0 Å². The Balaban J connectivity index is 2.12. The van der Waals surface area contributed by atoms with Crippen LogP contribution in [0.3, 0.4) is 0 Å². The highest BCUT2D eigenvalue weighted by Crippen LogP contribution is 2.40. The lowest BCUT2D eigenvalue weighted by Gasteiger charge is -2.02. The van der Waals surface area contributed by atoms with Crippen LogP contribution >= 0.6 is 43.5 Å². The van der Waals surface area contributed by atoms with Gasteiger partial charge in [0.2, 0.25) is 0 Å². The molecule has 0 spiro atoms. The van der Waals surface area contributed by atoms with Gasteiger partial charge >= 0.3 is 0 Å². The molecule has 2 aromatic carbocycles. The van der Waals surface area contributed by atoms with Gasteiger partial charge in [-0.25, -0.2) is 0 Å². The zero-order chi connectivity index (χ0) is 14.3. The molecule has 0 radical (unpaired) electrons. The number of amides is 1. The average molecular weight is 413 g/mol. The second kappa shape index (κ2) is 5.35. The highest BCUT2D eigenvalue weighted by molar-refractivity contribution is 9.11. The standard InChI is InChI=1S/C15H8Br2ClNO/c16-9-6-11-12(5-8-1-3-10(18)4-2-8)15(20)19-14(11)13(17)7-9/h1-7H,(H,19,20)/b12-5-. The van der Waals surface area contributed by atoms with E-state index in [1.807, 2.05) is 30.3 Å². The van der Waals surface area contributed by atoms with Gasteiger partial charge < -0.3 is 5.32 Å². The number of rotatable bonds is 1. The Bertz CT molecular complexity index is 738. The molecule has 100 valence electrons. The topological polar surface area (TPSA) is 29.1 Å². The van der Waals surface area contributed by atoms with Gasteiger partial charge in [0, 0.05) is 25.1 Å². The predicted octanol–water partition coefficient (Wildman–Crippen LogP) is 5.36. The molecule has 2 aromatic rings. The van der Waals surface area contributed by atoms with Crippen molar-refractivity contribution in [3.63, 3.8) is 0 Å². The average Bonchev–Trinajstić information content (AvgIpc) is 2.70. The minimum absolute atomic E-state index is 0.103. The Kier molecular flexibility index (Phi) is 3.71. The molecule has 2 nitrogen and oxygen atoms in total. The van der Waals surface area contributed by atoms with E-state index in [1.54, 1.807) is 12.1 Å². The van der Waals surface area contributed by atoms with Crippen LogP contribution in [0, 0.1) is 0 Å². The summed E-state index contributed by atoms with van der Waals surface area (Å²) in [6, 6.07) is 11.2. The molecule has 1 aliphatic heterocycles. The van der Waals surface area contributed by atoms with Crippen molar-refractivity contribution in [2.24, 2.45) is 0 Å². The third-order valence-corrected chi connectivity index (χ3v) is 4.34. The molecule has 0 bridgehead atoms. The Morgan fingerprint density at radius 1 is 1.10 bits per heavy atom. The van der Waals surface area contributed by atoms with Crippen LogP contribution in [0.4, 0.5) is 5.69 Å². The normalized spacial score (nSPS) is 15.3. The smallest absolute Gasteiger partial charge is 0.256 e. The van der Waals surface area contributed by atoms with Crippen molar-refractivity contribution >= 4 is 66.7 Å². The fourth-order valence-corrected chi connectivity index (χ4v) is 3.54. The number of halogens is 3. The predicted molar refractivity (Wildman–Crippen MR) is 89.8 cm³/mol. The summed E-state index contributed by atoms with van der Waals surface area (Å²) in [5, 5.41) is 3.55. The van der Waals surface area contributed by atoms with Crippen molar-refractivity contribution in [2.75, 3.05) is 5.32 Å². The first-order valence-corrected chi connectivity index (χ1v) is 7.79. The molecule has 0 aliphatic carbocycles. The van der Waals surface area contributed by atoms with E-state index in [9.17, 15) is 4.79 Å². The van der Waals surface area contributed by atoms with Gasteiger partial charge in [-0.1, -0.05) is 39.7 Å². The van der Waals surface area contributed by atoms with Crippen LogP contribution in [0.15, 0.2) is 45.3 Å². The molecule has 0 unspecified atom stereocenters. The highest BCUT2D eigenvalue weighted by Gasteiger charge is 2.26. The van der Waals surface area contributed by atoms with Gasteiger partial charge in [0.15, 0.2) is 0 Å². The highest BCUT2D eigenvalue weighted by atomic mass is 79.9. The van der Waals surface area contributed by atoms with E-state index in [0.29, 0.717) is 10.6 Å². The summed E-state index contributed by atoms with van der Waals surface area (Å²) in [5.74, 6) is -0.103. The molecule has 3 rings (SSSR count). The second-order valence-corrected chi connectivity index (χ2v) is 6.58. The van der Waals surface area contributed by atoms with Crippen LogP contribution in [-0.2, 0) is 4.79 Å². The minimum atomic E-state index is -0.103. The number of benzene rings is 2. The van der Waals surface area contributed by atoms with Crippen molar-refractivity contribution in [3.8, 4) is 0 Å². The lowest BCUT2D eigenvalue weighted by Crippen LogP contribution is -2.03. The van der Waals surface area contributed by atoms with Gasteiger partial charge in [0.1, 0.15) is 0 Å². The van der Waals surface area contributed by atoms with Gasteiger partial charge in [-0.3, -0.25) is 4.79 Å². The summed E-state index contributed by atoms with van der Waals surface area (Å²) < 4.78 is 1.77. The van der Waals surface area contributed by atoms with Gasteiger partial charge in [0.05, 0.1) is 5.69 Å². The molecule has 1 N–H and O–H groups in total. The molecule has 0 saturated heterocycles. The van der Waals surface area contributed by atoms with E-state index < -0.39 is 0 Å². The number of hydrogen-bond acceptors (Lipinski definition) is 1. The molecular formula is C15H8Br2ClNO. The number of anilines is 1. The van der Waals surface area contributed by atoms with Crippen molar-refractivity contribution in [1.29, 1.82) is 0 Å². The molecule has 0 atom stereocenters. The van der Waals surface area contributed by atoms with Crippen molar-refractivity contribution < 1.29 is 4.79 Å². The third-order valence-electron chi connectivity index (χ3n) is 3.01. The van der Waals surface area contributed by atoms with Gasteiger partial charge in [-0.2, -0.15) is 0 Å². The first-order valence-electron chi connectivity index (χ1n) is 5.82. The van der Waals surface area contributed by atoms with Crippen LogP contribution in [0.1, 0.15) is 11.1 Å². The molecular weight excluding hydrogens is 405 g/mol. The SMILES string of the molecule is O=C1Nc2c(Br)cc(Br)cc2/C1=C/c1ccc(Cl)cc1. The number of nitrogens with one attached hydrogen (secondary N) is 1. The minimum Gasteiger partial charge on any atom is -0.320 e. The summed E-state index contributed by atoms with van der Waals surface area (Å²) in [6.07, 6.45) is 1.86. The molecule has 0 fully saturated rings. The molecule has 1 aliphatic rings. The summed E-state index contributed by atoms with van der Waals surface area (Å²) in [5.41, 5.74) is 3.26. The van der Waals surface area contributed by atoms with E-state index in [4.69, 9.17) is 11.6 Å². The van der Waals surface area contributed by atoms with Gasteiger partial charge in [0.25, 0.3) is 5.91 Å². The maximum Gasteiger partial charge on any atom is 0.256 e. The first-order chi connectivity index (χ1) is 9.54. The lowest BCUT2D eigenvalue weighted by molar-refractivity contribution is -0.110. The summed E-state index contributed by atoms with van der Waals surface area (Å²) in [4.78, 5) is 12.1. The first kappa shape index (κ1) is 13.9. The molecule has 20 heavy (non-hydrogen) atoms. The van der Waals surface area contributed by atoms with Crippen LogP contribution < -0.4 is 5.32 Å². The zero-order valence-corrected chi connectivity index (χ0v) is 14.0. The van der Waals surface area contributed by atoms with Crippen molar-refractivity contribution in [3.05, 3.63) is 61.5 Å². The lowest BCUT2D eigenvalue weighted by atomic mass is 10.0. The van der Waals surface area contributed by atoms with Crippen LogP contribution in [-0.4, -0.2) is 5.91 Å². The largest absolute Gasteiger partial charge is 0.320 e. The summed E-state index contributed by atoms with van der Waals surface area (Å²) >= 11 is 12.8. The quantitative estimate of drug-likeness (QED) is 0.627. The Morgan fingerprint density at radius 2 is 1.80 bits per heavy atom. The van der Waals surface area contributed by atoms with Crippen LogP contribution in [0.5, 0.6) is 0 Å². The Labute approximate surface area is 138 Å². The Hall–Kier alpha value is -1.10. The number of carbonyl (C=O) groups excluding carboxylic acids is 1. The Morgan fingerprint density at radius 3 is 2.50 bits per heavy atom. The summed E-state index contributed by atoms with van der Waals surface area (Å²) in [6.45, 7) is 0. The maximum atomic E-state index is 12.1.